The molecule has 0 fully saturated rings. The second-order valence-corrected chi connectivity index (χ2v) is 4.73. The molecule has 21 heavy (non-hydrogen) atoms. The summed E-state index contributed by atoms with van der Waals surface area (Å²) in [5, 5.41) is 3.37. The van der Waals surface area contributed by atoms with Gasteiger partial charge >= 0.3 is 0 Å². The van der Waals surface area contributed by atoms with Gasteiger partial charge in [-0.3, -0.25) is 0 Å². The van der Waals surface area contributed by atoms with Crippen molar-refractivity contribution in [2.24, 2.45) is 0 Å². The minimum absolute atomic E-state index is 0.101. The quantitative estimate of drug-likeness (QED) is 0.884. The van der Waals surface area contributed by atoms with E-state index in [2.05, 4.69) is 29.1 Å². The first-order valence-electron chi connectivity index (χ1n) is 6.97. The van der Waals surface area contributed by atoms with E-state index in [1.165, 1.54) is 0 Å². The molecule has 1 unspecified atom stereocenters. The highest BCUT2D eigenvalue weighted by molar-refractivity contribution is 5.46. The van der Waals surface area contributed by atoms with Gasteiger partial charge < -0.3 is 14.8 Å². The molecule has 0 bridgehead atoms. The SMILES string of the molecule is CCc1cc(NC(C)c2ccc(OC)c(OC)c2)ncn1. The largest absolute Gasteiger partial charge is 0.493 e. The molecular weight excluding hydrogens is 266 g/mol. The van der Waals surface area contributed by atoms with Crippen molar-refractivity contribution >= 4 is 5.82 Å². The lowest BCUT2D eigenvalue weighted by atomic mass is 10.1. The Morgan fingerprint density at radius 2 is 1.86 bits per heavy atom. The van der Waals surface area contributed by atoms with Gasteiger partial charge in [-0.05, 0) is 31.0 Å². The van der Waals surface area contributed by atoms with Gasteiger partial charge in [0.05, 0.1) is 20.3 Å². The maximum atomic E-state index is 5.34. The number of nitrogens with zero attached hydrogens (tertiary/aromatic N) is 2. The number of benzene rings is 1. The summed E-state index contributed by atoms with van der Waals surface area (Å²) in [6, 6.07) is 7.96. The van der Waals surface area contributed by atoms with Crippen LogP contribution in [0.1, 0.15) is 31.1 Å². The number of hydrogen-bond donors (Lipinski definition) is 1. The van der Waals surface area contributed by atoms with Crippen LogP contribution in [0.5, 0.6) is 11.5 Å². The maximum Gasteiger partial charge on any atom is 0.161 e. The van der Waals surface area contributed by atoms with Crippen molar-refractivity contribution in [3.63, 3.8) is 0 Å². The van der Waals surface area contributed by atoms with Crippen LogP contribution >= 0.6 is 0 Å². The van der Waals surface area contributed by atoms with E-state index in [1.54, 1.807) is 20.5 Å². The number of aryl methyl sites for hydroxylation is 1. The maximum absolute atomic E-state index is 5.34. The summed E-state index contributed by atoms with van der Waals surface area (Å²) in [5.41, 5.74) is 2.12. The minimum atomic E-state index is 0.101. The van der Waals surface area contributed by atoms with E-state index in [4.69, 9.17) is 9.47 Å². The molecule has 0 radical (unpaired) electrons. The Morgan fingerprint density at radius 1 is 1.10 bits per heavy atom. The lowest BCUT2D eigenvalue weighted by Gasteiger charge is -2.17. The fourth-order valence-corrected chi connectivity index (χ4v) is 2.10. The van der Waals surface area contributed by atoms with Gasteiger partial charge in [0.15, 0.2) is 11.5 Å². The fraction of sp³-hybridized carbons (Fsp3) is 0.375. The van der Waals surface area contributed by atoms with Crippen LogP contribution < -0.4 is 14.8 Å². The summed E-state index contributed by atoms with van der Waals surface area (Å²) >= 11 is 0. The van der Waals surface area contributed by atoms with Crippen LogP contribution in [0.25, 0.3) is 0 Å². The third kappa shape index (κ3) is 3.62. The standard InChI is InChI=1S/C16H21N3O2/c1-5-13-9-16(18-10-17-13)19-11(2)12-6-7-14(20-3)15(8-12)21-4/h6-11H,5H2,1-4H3,(H,17,18,19). The van der Waals surface area contributed by atoms with E-state index < -0.39 is 0 Å². The molecule has 0 saturated heterocycles. The topological polar surface area (TPSA) is 56.3 Å². The first-order valence-corrected chi connectivity index (χ1v) is 6.97. The van der Waals surface area contributed by atoms with E-state index in [9.17, 15) is 0 Å². The van der Waals surface area contributed by atoms with Gasteiger partial charge in [0.1, 0.15) is 12.1 Å². The van der Waals surface area contributed by atoms with Crippen LogP contribution in [0.4, 0.5) is 5.82 Å². The molecule has 2 aromatic rings. The zero-order chi connectivity index (χ0) is 15.2. The molecule has 0 aliphatic rings. The second-order valence-electron chi connectivity index (χ2n) is 4.73. The van der Waals surface area contributed by atoms with Gasteiger partial charge in [-0.2, -0.15) is 0 Å². The van der Waals surface area contributed by atoms with Gasteiger partial charge in [-0.25, -0.2) is 9.97 Å². The summed E-state index contributed by atoms with van der Waals surface area (Å²) in [4.78, 5) is 8.45. The van der Waals surface area contributed by atoms with Crippen molar-refractivity contribution in [1.29, 1.82) is 0 Å². The molecule has 1 aromatic carbocycles. The van der Waals surface area contributed by atoms with Crippen LogP contribution in [0.3, 0.4) is 0 Å². The minimum Gasteiger partial charge on any atom is -0.493 e. The van der Waals surface area contributed by atoms with E-state index in [1.807, 2.05) is 24.3 Å². The molecule has 1 aromatic heterocycles. The Hall–Kier alpha value is -2.30. The van der Waals surface area contributed by atoms with E-state index >= 15 is 0 Å². The van der Waals surface area contributed by atoms with Crippen molar-refractivity contribution in [3.8, 4) is 11.5 Å². The van der Waals surface area contributed by atoms with Crippen molar-refractivity contribution in [2.45, 2.75) is 26.3 Å². The van der Waals surface area contributed by atoms with Crippen LogP contribution in [0.15, 0.2) is 30.6 Å². The Morgan fingerprint density at radius 3 is 2.52 bits per heavy atom. The number of rotatable bonds is 6. The Balaban J connectivity index is 2.17. The molecule has 112 valence electrons. The highest BCUT2D eigenvalue weighted by Gasteiger charge is 2.11. The Bertz CT molecular complexity index is 602. The molecule has 1 N–H and O–H groups in total. The molecule has 0 saturated carbocycles. The van der Waals surface area contributed by atoms with Gasteiger partial charge in [-0.1, -0.05) is 13.0 Å². The van der Waals surface area contributed by atoms with Crippen LogP contribution in [-0.4, -0.2) is 24.2 Å². The number of anilines is 1. The molecule has 0 amide bonds. The van der Waals surface area contributed by atoms with Crippen molar-refractivity contribution in [3.05, 3.63) is 41.9 Å². The molecule has 0 aliphatic heterocycles. The van der Waals surface area contributed by atoms with Crippen LogP contribution in [0, 0.1) is 0 Å². The number of aromatic nitrogens is 2. The zero-order valence-electron chi connectivity index (χ0n) is 12.9. The predicted octanol–water partition coefficient (Wildman–Crippen LogP) is 3.23. The van der Waals surface area contributed by atoms with E-state index in [-0.39, 0.29) is 6.04 Å². The second kappa shape index (κ2) is 6.92. The average molecular weight is 287 g/mol. The normalized spacial score (nSPS) is 11.8. The first-order chi connectivity index (χ1) is 10.2. The van der Waals surface area contributed by atoms with Gasteiger partial charge in [0.2, 0.25) is 0 Å². The molecule has 2 rings (SSSR count). The molecule has 0 aliphatic carbocycles. The number of methoxy groups -OCH3 is 2. The smallest absolute Gasteiger partial charge is 0.161 e. The molecule has 5 heteroatoms. The van der Waals surface area contributed by atoms with Gasteiger partial charge in [-0.15, -0.1) is 0 Å². The summed E-state index contributed by atoms with van der Waals surface area (Å²) in [6.07, 6.45) is 2.48. The average Bonchev–Trinajstić information content (AvgIpc) is 2.54. The molecule has 1 atom stereocenters. The molecular formula is C16H21N3O2. The van der Waals surface area contributed by atoms with E-state index in [0.717, 1.165) is 35.0 Å². The van der Waals surface area contributed by atoms with E-state index in [0.29, 0.717) is 0 Å². The van der Waals surface area contributed by atoms with Crippen LogP contribution in [-0.2, 0) is 6.42 Å². The number of nitrogens with one attached hydrogen (secondary N) is 1. The molecule has 5 nitrogen and oxygen atoms in total. The monoisotopic (exact) mass is 287 g/mol. The number of hydrogen-bond acceptors (Lipinski definition) is 5. The lowest BCUT2D eigenvalue weighted by molar-refractivity contribution is 0.354. The molecule has 0 spiro atoms. The summed E-state index contributed by atoms with van der Waals surface area (Å²) < 4.78 is 10.6. The van der Waals surface area contributed by atoms with Crippen LogP contribution in [0.2, 0.25) is 0 Å². The lowest BCUT2D eigenvalue weighted by Crippen LogP contribution is -2.09. The number of ether oxygens (including phenoxy) is 2. The summed E-state index contributed by atoms with van der Waals surface area (Å²) in [7, 11) is 3.27. The highest BCUT2D eigenvalue weighted by Crippen LogP contribution is 2.30. The first kappa shape index (κ1) is 15.1. The van der Waals surface area contributed by atoms with Crippen molar-refractivity contribution in [1.82, 2.24) is 9.97 Å². The third-order valence-corrected chi connectivity index (χ3v) is 3.36. The zero-order valence-corrected chi connectivity index (χ0v) is 12.9. The third-order valence-electron chi connectivity index (χ3n) is 3.36. The highest BCUT2D eigenvalue weighted by atomic mass is 16.5. The van der Waals surface area contributed by atoms with Crippen molar-refractivity contribution in [2.75, 3.05) is 19.5 Å². The van der Waals surface area contributed by atoms with Gasteiger partial charge in [0.25, 0.3) is 0 Å². The molecule has 1 heterocycles. The van der Waals surface area contributed by atoms with Crippen molar-refractivity contribution < 1.29 is 9.47 Å². The van der Waals surface area contributed by atoms with Gasteiger partial charge in [0, 0.05) is 11.8 Å². The fourth-order valence-electron chi connectivity index (χ4n) is 2.10. The Kier molecular flexibility index (Phi) is 4.98. The summed E-state index contributed by atoms with van der Waals surface area (Å²) in [5.74, 6) is 2.27. The Labute approximate surface area is 125 Å². The summed E-state index contributed by atoms with van der Waals surface area (Å²) in [6.45, 7) is 4.15. The predicted molar refractivity (Wildman–Crippen MR) is 83.0 cm³/mol.